The molecule has 0 fully saturated rings. The lowest BCUT2D eigenvalue weighted by Crippen LogP contribution is -2.40. The quantitative estimate of drug-likeness (QED) is 0.469. The van der Waals surface area contributed by atoms with Crippen LogP contribution in [0.5, 0.6) is 0 Å². The second kappa shape index (κ2) is 11.5. The molecule has 0 radical (unpaired) electrons. The van der Waals surface area contributed by atoms with Gasteiger partial charge in [0.05, 0.1) is 17.0 Å². The van der Waals surface area contributed by atoms with Gasteiger partial charge in [0.15, 0.2) is 0 Å². The van der Waals surface area contributed by atoms with Crippen molar-refractivity contribution in [2.24, 2.45) is 5.92 Å². The van der Waals surface area contributed by atoms with Crippen molar-refractivity contribution in [2.45, 2.75) is 19.0 Å². The first-order chi connectivity index (χ1) is 18.1. The van der Waals surface area contributed by atoms with Gasteiger partial charge in [-0.3, -0.25) is 14.3 Å². The number of aliphatic carboxylic acids is 1. The van der Waals surface area contributed by atoms with Gasteiger partial charge in [0, 0.05) is 38.3 Å². The smallest absolute Gasteiger partial charge is 0.475 e. The van der Waals surface area contributed by atoms with Gasteiger partial charge in [-0.2, -0.15) is 13.2 Å². The molecule has 0 spiro atoms. The standard InChI is InChI=1S/C25H26N4O2.C2HF3O2/c30-24(20-10-9-18-5-1-2-6-19(18)17-20)26-13-16-28-14-11-21(12-15-28)29-23-8-4-3-7-22(23)27-25(29)31;3-2(4,5)1(6)7/h1-9,11,17,20H,10,12-16H2,(H,26,30)(H,27,31);(H,6,7). The van der Waals surface area contributed by atoms with E-state index in [2.05, 4.69) is 45.6 Å². The Labute approximate surface area is 215 Å². The second-order valence-electron chi connectivity index (χ2n) is 8.96. The van der Waals surface area contributed by atoms with E-state index in [1.54, 1.807) is 4.57 Å². The average molecular weight is 529 g/mol. The number of rotatable bonds is 5. The first-order valence-electron chi connectivity index (χ1n) is 12.1. The number of benzene rings is 2. The van der Waals surface area contributed by atoms with Gasteiger partial charge >= 0.3 is 17.8 Å². The van der Waals surface area contributed by atoms with Gasteiger partial charge in [0.25, 0.3) is 0 Å². The Bertz CT molecular complexity index is 1540. The van der Waals surface area contributed by atoms with E-state index >= 15 is 0 Å². The van der Waals surface area contributed by atoms with E-state index in [0.29, 0.717) is 6.54 Å². The van der Waals surface area contributed by atoms with Gasteiger partial charge < -0.3 is 15.4 Å². The van der Waals surface area contributed by atoms with Crippen molar-refractivity contribution < 1.29 is 27.9 Å². The summed E-state index contributed by atoms with van der Waals surface area (Å²) < 4.78 is 33.5. The van der Waals surface area contributed by atoms with Crippen molar-refractivity contribution in [3.05, 3.63) is 75.5 Å². The number of carbonyl (C=O) groups is 2. The number of carboxylic acid groups (broad SMARTS) is 1. The van der Waals surface area contributed by atoms with E-state index < -0.39 is 12.1 Å². The molecule has 200 valence electrons. The molecule has 0 saturated heterocycles. The van der Waals surface area contributed by atoms with Crippen molar-refractivity contribution in [3.8, 4) is 0 Å². The molecule has 38 heavy (non-hydrogen) atoms. The SMILES string of the molecule is O=C(NCCN1CC=C(n2c(=O)[nH]c3ccccc32)CC1)C1C=c2ccccc2=CC1.O=C(O)C(F)(F)F. The molecule has 1 aliphatic heterocycles. The summed E-state index contributed by atoms with van der Waals surface area (Å²) in [5.74, 6) is -2.77. The molecule has 3 aromatic rings. The summed E-state index contributed by atoms with van der Waals surface area (Å²) in [6, 6.07) is 15.9. The summed E-state index contributed by atoms with van der Waals surface area (Å²) in [4.78, 5) is 39.1. The minimum Gasteiger partial charge on any atom is -0.475 e. The maximum atomic E-state index is 12.6. The molecule has 2 heterocycles. The number of fused-ring (bicyclic) bond motifs is 2. The monoisotopic (exact) mass is 528 g/mol. The van der Waals surface area contributed by atoms with Crippen LogP contribution in [0.2, 0.25) is 0 Å². The first kappa shape index (κ1) is 26.9. The topological polar surface area (TPSA) is 107 Å². The zero-order valence-corrected chi connectivity index (χ0v) is 20.4. The number of hydrogen-bond donors (Lipinski definition) is 3. The van der Waals surface area contributed by atoms with Crippen molar-refractivity contribution in [2.75, 3.05) is 26.2 Å². The summed E-state index contributed by atoms with van der Waals surface area (Å²) in [6.45, 7) is 3.06. The van der Waals surface area contributed by atoms with Crippen LogP contribution in [0.3, 0.4) is 0 Å². The van der Waals surface area contributed by atoms with E-state index in [1.165, 1.54) is 5.22 Å². The molecule has 1 atom stereocenters. The lowest BCUT2D eigenvalue weighted by Gasteiger charge is -2.26. The van der Waals surface area contributed by atoms with Crippen molar-refractivity contribution in [1.29, 1.82) is 0 Å². The third kappa shape index (κ3) is 6.41. The van der Waals surface area contributed by atoms with Gasteiger partial charge in [0.1, 0.15) is 0 Å². The maximum absolute atomic E-state index is 12.6. The number of hydrogen-bond acceptors (Lipinski definition) is 4. The van der Waals surface area contributed by atoms with Crippen LogP contribution >= 0.6 is 0 Å². The third-order valence-corrected chi connectivity index (χ3v) is 6.42. The fraction of sp³-hybridized carbons (Fsp3) is 0.296. The first-order valence-corrected chi connectivity index (χ1v) is 12.1. The highest BCUT2D eigenvalue weighted by atomic mass is 19.4. The number of nitrogens with one attached hydrogen (secondary N) is 2. The predicted molar refractivity (Wildman–Crippen MR) is 137 cm³/mol. The molecule has 8 nitrogen and oxygen atoms in total. The molecular weight excluding hydrogens is 501 g/mol. The minimum absolute atomic E-state index is 0.0874. The summed E-state index contributed by atoms with van der Waals surface area (Å²) in [5, 5.41) is 12.6. The molecule has 1 aromatic heterocycles. The van der Waals surface area contributed by atoms with Crippen molar-refractivity contribution in [1.82, 2.24) is 19.8 Å². The molecule has 2 aliphatic rings. The Kier molecular flexibility index (Phi) is 8.16. The van der Waals surface area contributed by atoms with E-state index in [0.717, 1.165) is 54.4 Å². The lowest BCUT2D eigenvalue weighted by molar-refractivity contribution is -0.192. The number of carbonyl (C=O) groups excluding carboxylic acids is 1. The lowest BCUT2D eigenvalue weighted by atomic mass is 9.96. The molecule has 5 rings (SSSR count). The highest BCUT2D eigenvalue weighted by Gasteiger charge is 2.38. The van der Waals surface area contributed by atoms with Crippen LogP contribution < -0.4 is 21.4 Å². The molecule has 2 aromatic carbocycles. The number of imidazole rings is 1. The van der Waals surface area contributed by atoms with Crippen molar-refractivity contribution >= 4 is 40.8 Å². The zero-order chi connectivity index (χ0) is 27.3. The number of para-hydroxylation sites is 2. The third-order valence-electron chi connectivity index (χ3n) is 6.42. The minimum atomic E-state index is -5.08. The molecule has 1 amide bonds. The zero-order valence-electron chi connectivity index (χ0n) is 20.4. The number of H-pyrrole nitrogens is 1. The highest BCUT2D eigenvalue weighted by molar-refractivity contribution is 5.85. The number of nitrogens with zero attached hydrogens (tertiary/aromatic N) is 2. The molecule has 1 unspecified atom stereocenters. The largest absolute Gasteiger partial charge is 0.490 e. The van der Waals surface area contributed by atoms with Gasteiger partial charge in [-0.1, -0.05) is 54.6 Å². The number of aromatic nitrogens is 2. The summed E-state index contributed by atoms with van der Waals surface area (Å²) in [5.41, 5.74) is 2.73. The Hall–Kier alpha value is -4.12. The van der Waals surface area contributed by atoms with Gasteiger partial charge in [-0.15, -0.1) is 0 Å². The Morgan fingerprint density at radius 1 is 1.05 bits per heavy atom. The average Bonchev–Trinajstić information content (AvgIpc) is 3.24. The fourth-order valence-corrected chi connectivity index (χ4v) is 4.48. The van der Waals surface area contributed by atoms with E-state index in [1.807, 2.05) is 36.4 Å². The molecular formula is C27H27F3N4O4. The Morgan fingerprint density at radius 3 is 2.42 bits per heavy atom. The summed E-state index contributed by atoms with van der Waals surface area (Å²) in [7, 11) is 0. The van der Waals surface area contributed by atoms with E-state index in [4.69, 9.17) is 9.90 Å². The number of amides is 1. The molecule has 1 aliphatic carbocycles. The maximum Gasteiger partial charge on any atom is 0.490 e. The normalized spacial score (nSPS) is 17.2. The molecule has 0 saturated carbocycles. The van der Waals surface area contributed by atoms with Crippen LogP contribution in [0, 0.1) is 5.92 Å². The number of carboxylic acids is 1. The molecule has 11 heteroatoms. The summed E-state index contributed by atoms with van der Waals surface area (Å²) >= 11 is 0. The molecule has 3 N–H and O–H groups in total. The van der Waals surface area contributed by atoms with Gasteiger partial charge in [0.2, 0.25) is 5.91 Å². The Morgan fingerprint density at radius 2 is 1.74 bits per heavy atom. The van der Waals surface area contributed by atoms with Gasteiger partial charge in [-0.25, -0.2) is 9.59 Å². The molecule has 0 bridgehead atoms. The number of alkyl halides is 3. The van der Waals surface area contributed by atoms with Crippen LogP contribution in [-0.2, 0) is 9.59 Å². The van der Waals surface area contributed by atoms with Crippen LogP contribution in [0.4, 0.5) is 13.2 Å². The van der Waals surface area contributed by atoms with Gasteiger partial charge in [-0.05, 0) is 29.0 Å². The van der Waals surface area contributed by atoms with Crippen LogP contribution in [-0.4, -0.2) is 63.8 Å². The van der Waals surface area contributed by atoms with E-state index in [9.17, 15) is 22.8 Å². The fourth-order valence-electron chi connectivity index (χ4n) is 4.48. The van der Waals surface area contributed by atoms with Crippen LogP contribution in [0.15, 0.2) is 59.4 Å². The van der Waals surface area contributed by atoms with Crippen molar-refractivity contribution in [3.63, 3.8) is 0 Å². The van der Waals surface area contributed by atoms with E-state index in [-0.39, 0.29) is 17.5 Å². The predicted octanol–water partition coefficient (Wildman–Crippen LogP) is 1.91. The van der Waals surface area contributed by atoms with Crippen LogP contribution in [0.25, 0.3) is 28.9 Å². The second-order valence-corrected chi connectivity index (χ2v) is 8.96. The number of halogens is 3. The highest BCUT2D eigenvalue weighted by Crippen LogP contribution is 2.19. The number of aromatic amines is 1. The van der Waals surface area contributed by atoms with Crippen LogP contribution in [0.1, 0.15) is 12.8 Å². The Balaban J connectivity index is 0.000000426. The summed E-state index contributed by atoms with van der Waals surface area (Å²) in [6.07, 6.45) is 2.80.